The molecule has 2 N–H and O–H groups in total. The zero-order chi connectivity index (χ0) is 15.7. The Balaban J connectivity index is 1.80. The fourth-order valence-electron chi connectivity index (χ4n) is 5.23. The first-order valence-electron chi connectivity index (χ1n) is 8.37. The van der Waals surface area contributed by atoms with Gasteiger partial charge in [0.25, 0.3) is 0 Å². The lowest BCUT2D eigenvalue weighted by molar-refractivity contribution is -0.569. The standard InChI is InChI=1S/C16H25NO5/c1-8-4-5-11-9(2)12(13(17)18)19-14-16(11)10(8)6-7-15(3,20-14)21-22-16/h8-12,14H,4-7H2,1-3H3,(H2,17,18)/t8-,9-,10+,11+,12+,14-,15-,16-/m1/s1. The average Bonchev–Trinajstić information content (AvgIpc) is 2.69. The largest absolute Gasteiger partial charge is 0.367 e. The smallest absolute Gasteiger partial charge is 0.246 e. The van der Waals surface area contributed by atoms with Crippen molar-refractivity contribution in [1.29, 1.82) is 0 Å². The van der Waals surface area contributed by atoms with E-state index in [1.165, 1.54) is 0 Å². The Morgan fingerprint density at radius 2 is 1.91 bits per heavy atom. The minimum Gasteiger partial charge on any atom is -0.367 e. The maximum absolute atomic E-state index is 11.8. The maximum Gasteiger partial charge on any atom is 0.246 e. The van der Waals surface area contributed by atoms with Crippen LogP contribution in [-0.2, 0) is 24.0 Å². The molecule has 0 radical (unpaired) electrons. The highest BCUT2D eigenvalue weighted by Gasteiger charge is 2.69. The molecule has 5 rings (SSSR count). The van der Waals surface area contributed by atoms with Crippen molar-refractivity contribution in [2.75, 3.05) is 0 Å². The van der Waals surface area contributed by atoms with Crippen molar-refractivity contribution in [3.05, 3.63) is 0 Å². The molecular weight excluding hydrogens is 286 g/mol. The first-order valence-corrected chi connectivity index (χ1v) is 8.37. The van der Waals surface area contributed by atoms with Crippen LogP contribution in [0, 0.1) is 23.7 Å². The van der Waals surface area contributed by atoms with Gasteiger partial charge in [-0.1, -0.05) is 13.8 Å². The number of primary amides is 1. The van der Waals surface area contributed by atoms with Crippen LogP contribution in [0.2, 0.25) is 0 Å². The number of hydrogen-bond donors (Lipinski definition) is 1. The lowest BCUT2D eigenvalue weighted by Gasteiger charge is -2.60. The van der Waals surface area contributed by atoms with E-state index in [1.807, 2.05) is 13.8 Å². The van der Waals surface area contributed by atoms with Crippen molar-refractivity contribution in [2.24, 2.45) is 29.4 Å². The lowest BCUT2D eigenvalue weighted by Crippen LogP contribution is -2.71. The number of hydrogen-bond acceptors (Lipinski definition) is 5. The zero-order valence-corrected chi connectivity index (χ0v) is 13.4. The highest BCUT2D eigenvalue weighted by Crippen LogP contribution is 2.60. The fraction of sp³-hybridized carbons (Fsp3) is 0.938. The number of ether oxygens (including phenoxy) is 2. The molecule has 1 saturated carbocycles. The van der Waals surface area contributed by atoms with Crippen LogP contribution < -0.4 is 5.73 Å². The molecule has 0 aromatic rings. The molecule has 4 heterocycles. The summed E-state index contributed by atoms with van der Waals surface area (Å²) in [6, 6.07) is 0. The Morgan fingerprint density at radius 1 is 1.14 bits per heavy atom. The highest BCUT2D eigenvalue weighted by atomic mass is 17.3. The van der Waals surface area contributed by atoms with E-state index < -0.39 is 29.7 Å². The van der Waals surface area contributed by atoms with E-state index in [0.717, 1.165) is 25.7 Å². The third-order valence-corrected chi connectivity index (χ3v) is 6.44. The lowest BCUT2D eigenvalue weighted by atomic mass is 9.57. The molecule has 22 heavy (non-hydrogen) atoms. The molecule has 8 atom stereocenters. The molecule has 6 heteroatoms. The van der Waals surface area contributed by atoms with E-state index in [2.05, 4.69) is 6.92 Å². The quantitative estimate of drug-likeness (QED) is 0.746. The van der Waals surface area contributed by atoms with E-state index >= 15 is 0 Å². The highest BCUT2D eigenvalue weighted by molar-refractivity contribution is 5.79. The monoisotopic (exact) mass is 311 g/mol. The van der Waals surface area contributed by atoms with Crippen molar-refractivity contribution in [1.82, 2.24) is 0 Å². The van der Waals surface area contributed by atoms with Crippen LogP contribution >= 0.6 is 0 Å². The van der Waals surface area contributed by atoms with Crippen molar-refractivity contribution in [3.8, 4) is 0 Å². The van der Waals surface area contributed by atoms with Gasteiger partial charge in [0.1, 0.15) is 6.10 Å². The Morgan fingerprint density at radius 3 is 2.64 bits per heavy atom. The van der Waals surface area contributed by atoms with Gasteiger partial charge in [0.05, 0.1) is 0 Å². The summed E-state index contributed by atoms with van der Waals surface area (Å²) >= 11 is 0. The molecule has 6 nitrogen and oxygen atoms in total. The third-order valence-electron chi connectivity index (χ3n) is 6.44. The second kappa shape index (κ2) is 4.66. The zero-order valence-electron chi connectivity index (χ0n) is 13.4. The second-order valence-corrected chi connectivity index (χ2v) is 7.73. The summed E-state index contributed by atoms with van der Waals surface area (Å²) in [6.45, 7) is 6.17. The SMILES string of the molecule is C[C@H]1[C@@H](C(N)=O)O[C@@H]2O[C@@]3(C)CC[C@H]4[C@H](C)CC[C@@H]1[C@@]24OO3. The predicted octanol–water partition coefficient (Wildman–Crippen LogP) is 1.72. The number of fused-ring (bicyclic) bond motifs is 2. The molecule has 4 aliphatic heterocycles. The van der Waals surface area contributed by atoms with Crippen LogP contribution in [0.1, 0.15) is 46.5 Å². The topological polar surface area (TPSA) is 80.0 Å². The van der Waals surface area contributed by atoms with Gasteiger partial charge in [0.2, 0.25) is 11.7 Å². The van der Waals surface area contributed by atoms with Crippen LogP contribution in [0.25, 0.3) is 0 Å². The average molecular weight is 311 g/mol. The predicted molar refractivity (Wildman–Crippen MR) is 76.0 cm³/mol. The molecule has 2 bridgehead atoms. The van der Waals surface area contributed by atoms with Gasteiger partial charge in [0, 0.05) is 12.3 Å². The molecule has 5 fully saturated rings. The third kappa shape index (κ3) is 1.78. The summed E-state index contributed by atoms with van der Waals surface area (Å²) in [5.74, 6) is -0.233. The van der Waals surface area contributed by atoms with Crippen LogP contribution in [0.15, 0.2) is 0 Å². The van der Waals surface area contributed by atoms with Gasteiger partial charge in [-0.3, -0.25) is 4.79 Å². The Bertz CT molecular complexity index is 499. The first kappa shape index (κ1) is 14.9. The molecule has 1 spiro atoms. The van der Waals surface area contributed by atoms with E-state index in [0.29, 0.717) is 11.8 Å². The van der Waals surface area contributed by atoms with Crippen molar-refractivity contribution >= 4 is 5.91 Å². The van der Waals surface area contributed by atoms with Crippen LogP contribution in [0.4, 0.5) is 0 Å². The van der Waals surface area contributed by atoms with Crippen LogP contribution in [0.3, 0.4) is 0 Å². The summed E-state index contributed by atoms with van der Waals surface area (Å²) in [5, 5.41) is 0. The summed E-state index contributed by atoms with van der Waals surface area (Å²) < 4.78 is 12.1. The summed E-state index contributed by atoms with van der Waals surface area (Å²) in [4.78, 5) is 23.5. The van der Waals surface area contributed by atoms with Gasteiger partial charge in [-0.15, -0.1) is 0 Å². The van der Waals surface area contributed by atoms with Gasteiger partial charge >= 0.3 is 0 Å². The van der Waals surface area contributed by atoms with E-state index in [4.69, 9.17) is 25.0 Å². The number of nitrogens with two attached hydrogens (primary N) is 1. The van der Waals surface area contributed by atoms with E-state index in [9.17, 15) is 4.79 Å². The van der Waals surface area contributed by atoms with E-state index in [1.54, 1.807) is 0 Å². The molecule has 1 aliphatic carbocycles. The minimum absolute atomic E-state index is 0.00148. The Labute approximate surface area is 130 Å². The minimum atomic E-state index is -0.805. The van der Waals surface area contributed by atoms with Gasteiger partial charge < -0.3 is 15.2 Å². The molecule has 0 unspecified atom stereocenters. The normalized spacial score (nSPS) is 57.0. The Kier molecular flexibility index (Phi) is 3.15. The van der Waals surface area contributed by atoms with Crippen LogP contribution in [0.5, 0.6) is 0 Å². The molecule has 4 saturated heterocycles. The van der Waals surface area contributed by atoms with Gasteiger partial charge in [-0.25, -0.2) is 9.78 Å². The number of amides is 1. The van der Waals surface area contributed by atoms with Gasteiger partial charge in [-0.05, 0) is 43.9 Å². The molecule has 1 amide bonds. The van der Waals surface area contributed by atoms with Gasteiger partial charge in [0.15, 0.2) is 11.9 Å². The van der Waals surface area contributed by atoms with Crippen molar-refractivity contribution < 1.29 is 24.0 Å². The number of carbonyl (C=O) groups excluding carboxylic acids is 1. The summed E-state index contributed by atoms with van der Waals surface area (Å²) in [7, 11) is 0. The van der Waals surface area contributed by atoms with E-state index in [-0.39, 0.29) is 11.8 Å². The fourth-order valence-corrected chi connectivity index (χ4v) is 5.23. The number of carbonyl (C=O) groups is 1. The molecular formula is C16H25NO5. The summed E-state index contributed by atoms with van der Waals surface area (Å²) in [6.07, 6.45) is 2.65. The Hall–Kier alpha value is -0.690. The molecule has 0 aromatic heterocycles. The summed E-state index contributed by atoms with van der Waals surface area (Å²) in [5.41, 5.74) is 4.94. The number of rotatable bonds is 1. The molecule has 0 aromatic carbocycles. The molecule has 124 valence electrons. The first-order chi connectivity index (χ1) is 10.4. The van der Waals surface area contributed by atoms with Crippen LogP contribution in [-0.4, -0.2) is 29.7 Å². The maximum atomic E-state index is 11.8. The second-order valence-electron chi connectivity index (χ2n) is 7.73. The van der Waals surface area contributed by atoms with Crippen molar-refractivity contribution in [3.63, 3.8) is 0 Å². The molecule has 5 aliphatic rings. The van der Waals surface area contributed by atoms with Crippen molar-refractivity contribution in [2.45, 2.75) is 70.2 Å². The van der Waals surface area contributed by atoms with Gasteiger partial charge in [-0.2, -0.15) is 0 Å².